The van der Waals surface area contributed by atoms with Crippen molar-refractivity contribution >= 4 is 110 Å². The van der Waals surface area contributed by atoms with E-state index in [2.05, 4.69) is 39.7 Å². The van der Waals surface area contributed by atoms with E-state index in [-0.39, 0.29) is 35.0 Å². The third-order valence-electron chi connectivity index (χ3n) is 8.57. The second-order valence-corrected chi connectivity index (χ2v) is 17.7. The number of halogens is 1. The average molecular weight is 807 g/mol. The molecule has 0 saturated carbocycles. The Kier molecular flexibility index (Phi) is 12.4. The van der Waals surface area contributed by atoms with Gasteiger partial charge in [-0.1, -0.05) is 24.3 Å². The quantitative estimate of drug-likeness (QED) is 0.127. The Bertz CT molecular complexity index is 2260. The van der Waals surface area contributed by atoms with Crippen molar-refractivity contribution in [2.24, 2.45) is 5.73 Å². The number of benzene rings is 2. The molecule has 276 valence electrons. The maximum absolute atomic E-state index is 11.7. The van der Waals surface area contributed by atoms with Gasteiger partial charge in [0.1, 0.15) is 20.0 Å². The Morgan fingerprint density at radius 3 is 1.58 bits per heavy atom. The van der Waals surface area contributed by atoms with Crippen LogP contribution in [0.3, 0.4) is 0 Å². The smallest absolute Gasteiger partial charge is 0.221 e. The van der Waals surface area contributed by atoms with E-state index in [1.54, 1.807) is 59.2 Å². The van der Waals surface area contributed by atoms with Crippen molar-refractivity contribution in [3.8, 4) is 21.1 Å². The highest BCUT2D eigenvalue weighted by atomic mass is 35.5. The summed E-state index contributed by atoms with van der Waals surface area (Å²) in [6.07, 6.45) is 5.41. The lowest BCUT2D eigenvalue weighted by atomic mass is 9.92. The number of amides is 3. The highest BCUT2D eigenvalue weighted by molar-refractivity contribution is 7.23. The Morgan fingerprint density at radius 1 is 0.679 bits per heavy atom. The summed E-state index contributed by atoms with van der Waals surface area (Å²) in [5, 5.41) is 12.4. The van der Waals surface area contributed by atoms with Crippen molar-refractivity contribution in [3.63, 3.8) is 0 Å². The van der Waals surface area contributed by atoms with Gasteiger partial charge in [0.2, 0.25) is 23.0 Å². The number of thiophene rings is 2. The number of carbonyl (C=O) groups excluding carboxylic acids is 4. The van der Waals surface area contributed by atoms with E-state index in [1.165, 1.54) is 39.4 Å². The van der Waals surface area contributed by atoms with Crippen molar-refractivity contribution < 1.29 is 19.2 Å². The van der Waals surface area contributed by atoms with Crippen LogP contribution in [0.5, 0.6) is 0 Å². The first kappa shape index (κ1) is 38.7. The van der Waals surface area contributed by atoms with Crippen molar-refractivity contribution in [3.05, 3.63) is 69.4 Å². The first-order valence-electron chi connectivity index (χ1n) is 17.1. The number of nitrogens with zero attached hydrogens (tertiary/aromatic N) is 2. The fourth-order valence-corrected chi connectivity index (χ4v) is 11.5. The normalized spacial score (nSPS) is 16.0. The number of nitrogens with one attached hydrogen (secondary N) is 3. The number of fused-ring (bicyclic) bond motifs is 4. The van der Waals surface area contributed by atoms with E-state index in [0.29, 0.717) is 0 Å². The van der Waals surface area contributed by atoms with Gasteiger partial charge in [-0.15, -0.1) is 45.3 Å². The Hall–Kier alpha value is -4.05. The fraction of sp³-hybridized carbons (Fsp3) is 0.316. The molecular formula is C38H39ClN6O4S4. The summed E-state index contributed by atoms with van der Waals surface area (Å²) in [6, 6.07) is 16.6. The minimum atomic E-state index is -0.361. The maximum atomic E-state index is 11.7. The van der Waals surface area contributed by atoms with E-state index in [4.69, 9.17) is 15.7 Å². The molecule has 5 N–H and O–H groups in total. The lowest BCUT2D eigenvalue weighted by molar-refractivity contribution is -0.120. The fourth-order valence-electron chi connectivity index (χ4n) is 6.51. The lowest BCUT2D eigenvalue weighted by Crippen LogP contribution is -2.37. The van der Waals surface area contributed by atoms with Gasteiger partial charge in [-0.2, -0.15) is 0 Å². The molecule has 2 aromatic carbocycles. The topological polar surface area (TPSA) is 156 Å². The largest absolute Gasteiger partial charge is 0.353 e. The molecule has 15 heteroatoms. The second-order valence-electron chi connectivity index (χ2n) is 12.9. The molecule has 4 heterocycles. The molecule has 10 nitrogen and oxygen atoms in total. The van der Waals surface area contributed by atoms with E-state index < -0.39 is 0 Å². The van der Waals surface area contributed by atoms with Crippen LogP contribution in [-0.2, 0) is 44.9 Å². The summed E-state index contributed by atoms with van der Waals surface area (Å²) >= 11 is 11.2. The SMILES string of the molecule is CC(=O)Cl.CC(=O)Nc1sc2c(c1-c1nc3ccccc3s1)CCC(N)C2.CC(=O)Nc1sc2c(c1-c1nc3ccccc3s1)CCC(NC(C)=O)C2. The molecule has 6 aromatic rings. The highest BCUT2D eigenvalue weighted by Crippen LogP contribution is 2.47. The number of aromatic nitrogens is 2. The number of carbonyl (C=O) groups is 4. The minimum absolute atomic E-state index is 0.00323. The summed E-state index contributed by atoms with van der Waals surface area (Å²) < 4.78 is 2.31. The molecular weight excluding hydrogens is 768 g/mol. The highest BCUT2D eigenvalue weighted by Gasteiger charge is 2.29. The molecule has 4 aromatic heterocycles. The summed E-state index contributed by atoms with van der Waals surface area (Å²) in [7, 11) is 0. The van der Waals surface area contributed by atoms with Gasteiger partial charge in [0.25, 0.3) is 0 Å². The third kappa shape index (κ3) is 9.37. The van der Waals surface area contributed by atoms with Crippen molar-refractivity contribution in [2.75, 3.05) is 10.6 Å². The average Bonchev–Trinajstić information content (AvgIpc) is 3.85. The molecule has 2 unspecified atom stereocenters. The number of anilines is 2. The second kappa shape index (κ2) is 17.0. The number of para-hydroxylation sites is 2. The van der Waals surface area contributed by atoms with Gasteiger partial charge in [-0.05, 0) is 79.1 Å². The summed E-state index contributed by atoms with van der Waals surface area (Å²) in [5.74, 6) is -0.122. The van der Waals surface area contributed by atoms with Gasteiger partial charge >= 0.3 is 0 Å². The van der Waals surface area contributed by atoms with Crippen LogP contribution < -0.4 is 21.7 Å². The van der Waals surface area contributed by atoms with Crippen LogP contribution in [0.1, 0.15) is 61.4 Å². The molecule has 2 atom stereocenters. The zero-order valence-corrected chi connectivity index (χ0v) is 33.7. The molecule has 0 radical (unpaired) electrons. The lowest BCUT2D eigenvalue weighted by Gasteiger charge is -2.23. The zero-order chi connectivity index (χ0) is 37.8. The van der Waals surface area contributed by atoms with Crippen LogP contribution in [0.15, 0.2) is 48.5 Å². The molecule has 53 heavy (non-hydrogen) atoms. The summed E-state index contributed by atoms with van der Waals surface area (Å²) in [5.41, 5.74) is 12.8. The molecule has 0 aliphatic heterocycles. The molecule has 2 aliphatic rings. The zero-order valence-electron chi connectivity index (χ0n) is 29.6. The van der Waals surface area contributed by atoms with Crippen LogP contribution >= 0.6 is 56.9 Å². The van der Waals surface area contributed by atoms with Crippen LogP contribution in [-0.4, -0.2) is 45.0 Å². The predicted molar refractivity (Wildman–Crippen MR) is 221 cm³/mol. The van der Waals surface area contributed by atoms with E-state index in [1.807, 2.05) is 36.4 Å². The summed E-state index contributed by atoms with van der Waals surface area (Å²) in [6.45, 7) is 5.92. The van der Waals surface area contributed by atoms with Crippen molar-refractivity contribution in [1.29, 1.82) is 0 Å². The minimum Gasteiger partial charge on any atom is -0.353 e. The molecule has 0 fully saturated rings. The van der Waals surface area contributed by atoms with Gasteiger partial charge in [0, 0.05) is 67.1 Å². The Morgan fingerprint density at radius 2 is 1.13 bits per heavy atom. The molecule has 0 saturated heterocycles. The Labute approximate surface area is 328 Å². The van der Waals surface area contributed by atoms with Crippen molar-refractivity contribution in [2.45, 2.75) is 78.3 Å². The van der Waals surface area contributed by atoms with Gasteiger partial charge in [0.15, 0.2) is 0 Å². The van der Waals surface area contributed by atoms with Crippen LogP contribution in [0.25, 0.3) is 41.6 Å². The number of thiazole rings is 2. The van der Waals surface area contributed by atoms with E-state index in [0.717, 1.165) is 85.4 Å². The number of hydrogen-bond donors (Lipinski definition) is 4. The monoisotopic (exact) mass is 806 g/mol. The number of rotatable bonds is 5. The van der Waals surface area contributed by atoms with Gasteiger partial charge in [0.05, 0.1) is 20.4 Å². The maximum Gasteiger partial charge on any atom is 0.221 e. The molecule has 0 bridgehead atoms. The predicted octanol–water partition coefficient (Wildman–Crippen LogP) is 8.55. The number of nitrogens with two attached hydrogens (primary N) is 1. The van der Waals surface area contributed by atoms with E-state index >= 15 is 0 Å². The van der Waals surface area contributed by atoms with Gasteiger partial charge in [-0.3, -0.25) is 19.2 Å². The van der Waals surface area contributed by atoms with Gasteiger partial charge < -0.3 is 21.7 Å². The first-order valence-corrected chi connectivity index (χ1v) is 20.8. The molecule has 0 spiro atoms. The van der Waals surface area contributed by atoms with Gasteiger partial charge in [-0.25, -0.2) is 9.97 Å². The van der Waals surface area contributed by atoms with E-state index in [9.17, 15) is 19.2 Å². The first-order chi connectivity index (χ1) is 25.4. The Balaban J connectivity index is 0.000000166. The van der Waals surface area contributed by atoms with Crippen molar-refractivity contribution in [1.82, 2.24) is 15.3 Å². The molecule has 8 rings (SSSR count). The number of hydrogen-bond acceptors (Lipinski definition) is 11. The molecule has 2 aliphatic carbocycles. The van der Waals surface area contributed by atoms with Crippen LogP contribution in [0.4, 0.5) is 10.0 Å². The summed E-state index contributed by atoms with van der Waals surface area (Å²) in [4.78, 5) is 56.0. The van der Waals surface area contributed by atoms with Crippen LogP contribution in [0.2, 0.25) is 0 Å². The third-order valence-corrected chi connectivity index (χ3v) is 13.0. The molecule has 3 amide bonds. The van der Waals surface area contributed by atoms with Crippen LogP contribution in [0, 0.1) is 0 Å². The standard InChI is InChI=1S/C19H19N3O2S2.C17H17N3OS2.C2H3ClO/c1-10(23)20-12-7-8-13-16(9-12)26-18(21-11(2)24)17(13)19-22-14-5-3-4-6-15(14)25-19;1-9(21)19-16-15(11-7-6-10(18)8-14(11)23-16)17-20-12-4-2-3-5-13(12)22-17;1-2(3)4/h3-6,12H,7-9H2,1-2H3,(H,20,23)(H,21,24);2-5,10H,6-8,18H2,1H3,(H,19,21);1H3.